The van der Waals surface area contributed by atoms with E-state index < -0.39 is 12.1 Å². The summed E-state index contributed by atoms with van der Waals surface area (Å²) in [6.07, 6.45) is 2.96. The molecule has 2 aliphatic rings. The fourth-order valence-corrected chi connectivity index (χ4v) is 5.12. The van der Waals surface area contributed by atoms with Crippen molar-refractivity contribution in [3.63, 3.8) is 0 Å². The number of carboxylic acid groups (broad SMARTS) is 1. The molecule has 4 rings (SSSR count). The predicted molar refractivity (Wildman–Crippen MR) is 121 cm³/mol. The van der Waals surface area contributed by atoms with Gasteiger partial charge in [0.05, 0.1) is 5.60 Å². The van der Waals surface area contributed by atoms with Gasteiger partial charge in [-0.2, -0.15) is 13.2 Å². The first kappa shape index (κ1) is 26.2. The average molecular weight is 482 g/mol. The van der Waals surface area contributed by atoms with Crippen LogP contribution >= 0.6 is 0 Å². The lowest BCUT2D eigenvalue weighted by Crippen LogP contribution is -2.47. The van der Waals surface area contributed by atoms with Gasteiger partial charge in [0.1, 0.15) is 5.82 Å². The van der Waals surface area contributed by atoms with E-state index in [4.69, 9.17) is 14.6 Å². The van der Waals surface area contributed by atoms with Crippen molar-refractivity contribution >= 4 is 5.97 Å². The van der Waals surface area contributed by atoms with Gasteiger partial charge in [-0.3, -0.25) is 0 Å². The van der Waals surface area contributed by atoms with Crippen molar-refractivity contribution in [3.8, 4) is 0 Å². The number of carbonyl (C=O) groups is 1. The van der Waals surface area contributed by atoms with Crippen LogP contribution in [0.3, 0.4) is 0 Å². The number of ether oxygens (including phenoxy) is 1. The van der Waals surface area contributed by atoms with Crippen LogP contribution in [-0.2, 0) is 21.5 Å². The summed E-state index contributed by atoms with van der Waals surface area (Å²) >= 11 is 0. The van der Waals surface area contributed by atoms with Gasteiger partial charge in [0.15, 0.2) is 0 Å². The van der Waals surface area contributed by atoms with Crippen LogP contribution in [0.4, 0.5) is 17.6 Å². The largest absolute Gasteiger partial charge is 0.490 e. The van der Waals surface area contributed by atoms with Crippen LogP contribution < -0.4 is 5.32 Å². The van der Waals surface area contributed by atoms with Gasteiger partial charge in [0, 0.05) is 18.6 Å². The average Bonchev–Trinajstić information content (AvgIpc) is 3.25. The Labute approximate surface area is 197 Å². The van der Waals surface area contributed by atoms with Crippen molar-refractivity contribution in [1.29, 1.82) is 0 Å². The Bertz CT molecular complexity index is 912. The van der Waals surface area contributed by atoms with Gasteiger partial charge < -0.3 is 15.2 Å². The summed E-state index contributed by atoms with van der Waals surface area (Å²) in [6, 6.07) is 17.8. The molecule has 34 heavy (non-hydrogen) atoms. The normalized spacial score (nSPS) is 21.6. The zero-order valence-corrected chi connectivity index (χ0v) is 19.0. The van der Waals surface area contributed by atoms with Crippen LogP contribution in [-0.4, -0.2) is 36.0 Å². The summed E-state index contributed by atoms with van der Waals surface area (Å²) in [4.78, 5) is 8.90. The highest BCUT2D eigenvalue weighted by Crippen LogP contribution is 2.50. The van der Waals surface area contributed by atoms with E-state index >= 15 is 0 Å². The standard InChI is InChI=1S/C24H30FNO.C2HF3O2/c25-22-10-8-21(9-11-22)23(14-16-26-18-20-6-2-1-3-7-20)15-17-27-24(19-23)12-4-5-13-24;3-2(4,5)1(6)7/h1-3,6-11,26H,4-5,12-19H2;(H,6,7)/t23-;/m1./s1. The molecule has 0 unspecified atom stereocenters. The molecule has 1 saturated carbocycles. The zero-order valence-electron chi connectivity index (χ0n) is 19.0. The minimum Gasteiger partial charge on any atom is -0.475 e. The lowest BCUT2D eigenvalue weighted by molar-refractivity contribution is -0.192. The molecule has 8 heteroatoms. The Kier molecular flexibility index (Phi) is 8.71. The van der Waals surface area contributed by atoms with Crippen LogP contribution in [0.1, 0.15) is 56.1 Å². The van der Waals surface area contributed by atoms with Gasteiger partial charge >= 0.3 is 12.1 Å². The number of hydrogen-bond acceptors (Lipinski definition) is 3. The summed E-state index contributed by atoms with van der Waals surface area (Å²) in [7, 11) is 0. The van der Waals surface area contributed by atoms with Crippen LogP contribution in [0, 0.1) is 5.82 Å². The van der Waals surface area contributed by atoms with Crippen LogP contribution in [0.5, 0.6) is 0 Å². The van der Waals surface area contributed by atoms with E-state index in [-0.39, 0.29) is 16.8 Å². The predicted octanol–water partition coefficient (Wildman–Crippen LogP) is 6.00. The van der Waals surface area contributed by atoms with Gasteiger partial charge in [-0.25, -0.2) is 9.18 Å². The molecule has 1 aliphatic heterocycles. The van der Waals surface area contributed by atoms with Crippen LogP contribution in [0.15, 0.2) is 54.6 Å². The first-order chi connectivity index (χ1) is 16.1. The quantitative estimate of drug-likeness (QED) is 0.393. The van der Waals surface area contributed by atoms with Crippen molar-refractivity contribution in [2.75, 3.05) is 13.2 Å². The number of benzene rings is 2. The Morgan fingerprint density at radius 1 is 1.00 bits per heavy atom. The lowest BCUT2D eigenvalue weighted by Gasteiger charge is -2.47. The Morgan fingerprint density at radius 2 is 1.62 bits per heavy atom. The van der Waals surface area contributed by atoms with Gasteiger partial charge in [0.25, 0.3) is 0 Å². The number of hydrogen-bond donors (Lipinski definition) is 2. The van der Waals surface area contributed by atoms with Gasteiger partial charge in [-0.15, -0.1) is 0 Å². The first-order valence-electron chi connectivity index (χ1n) is 11.6. The second kappa shape index (κ2) is 11.3. The molecule has 1 atom stereocenters. The minimum absolute atomic E-state index is 0.0477. The fourth-order valence-electron chi connectivity index (χ4n) is 5.12. The number of aliphatic carboxylic acids is 1. The minimum atomic E-state index is -5.08. The molecule has 1 heterocycles. The molecule has 4 nitrogen and oxygen atoms in total. The highest BCUT2D eigenvalue weighted by Gasteiger charge is 2.47. The zero-order chi connectivity index (χ0) is 24.7. The van der Waals surface area contributed by atoms with E-state index in [0.717, 1.165) is 39.0 Å². The van der Waals surface area contributed by atoms with Crippen LogP contribution in [0.25, 0.3) is 0 Å². The van der Waals surface area contributed by atoms with Crippen molar-refractivity contribution in [2.24, 2.45) is 0 Å². The second-order valence-electron chi connectivity index (χ2n) is 9.17. The molecular formula is C26H31F4NO3. The van der Waals surface area contributed by atoms with E-state index in [1.165, 1.54) is 36.8 Å². The third-order valence-corrected chi connectivity index (χ3v) is 6.82. The summed E-state index contributed by atoms with van der Waals surface area (Å²) < 4.78 is 51.6. The van der Waals surface area contributed by atoms with Crippen LogP contribution in [0.2, 0.25) is 0 Å². The van der Waals surface area contributed by atoms with Crippen molar-refractivity contribution < 1.29 is 32.2 Å². The molecule has 0 aromatic heterocycles. The van der Waals surface area contributed by atoms with Gasteiger partial charge in [0.2, 0.25) is 0 Å². The summed E-state index contributed by atoms with van der Waals surface area (Å²) in [5.41, 5.74) is 2.72. The number of rotatable bonds is 6. The summed E-state index contributed by atoms with van der Waals surface area (Å²) in [6.45, 7) is 2.67. The highest BCUT2D eigenvalue weighted by molar-refractivity contribution is 5.73. The third kappa shape index (κ3) is 7.03. The first-order valence-corrected chi connectivity index (χ1v) is 11.6. The maximum absolute atomic E-state index is 13.5. The fraction of sp³-hybridized carbons (Fsp3) is 0.500. The van der Waals surface area contributed by atoms with Gasteiger partial charge in [-0.05, 0) is 61.9 Å². The van der Waals surface area contributed by atoms with E-state index in [1.54, 1.807) is 12.1 Å². The molecule has 0 bridgehead atoms. The Hall–Kier alpha value is -2.45. The number of carboxylic acids is 1. The molecule has 2 aromatic carbocycles. The molecule has 0 amide bonds. The lowest BCUT2D eigenvalue weighted by atomic mass is 9.66. The van der Waals surface area contributed by atoms with Crippen molar-refractivity contribution in [3.05, 3.63) is 71.5 Å². The van der Waals surface area contributed by atoms with Gasteiger partial charge in [-0.1, -0.05) is 55.3 Å². The maximum Gasteiger partial charge on any atom is 0.490 e. The summed E-state index contributed by atoms with van der Waals surface area (Å²) in [5, 5.41) is 10.7. The Morgan fingerprint density at radius 3 is 2.21 bits per heavy atom. The van der Waals surface area contributed by atoms with Crippen molar-refractivity contribution in [1.82, 2.24) is 5.32 Å². The monoisotopic (exact) mass is 481 g/mol. The molecule has 2 N–H and O–H groups in total. The molecule has 1 aliphatic carbocycles. The van der Waals surface area contributed by atoms with E-state index in [9.17, 15) is 17.6 Å². The maximum atomic E-state index is 13.5. The van der Waals surface area contributed by atoms with E-state index in [0.29, 0.717) is 0 Å². The number of halogens is 4. The second-order valence-corrected chi connectivity index (χ2v) is 9.17. The SMILES string of the molecule is Fc1ccc([C@]2(CCNCc3ccccc3)CCOC3(CCCC3)C2)cc1.O=C(O)C(F)(F)F. The third-order valence-electron chi connectivity index (χ3n) is 6.82. The molecule has 2 fully saturated rings. The highest BCUT2D eigenvalue weighted by atomic mass is 19.4. The van der Waals surface area contributed by atoms with E-state index in [2.05, 4.69) is 35.6 Å². The van der Waals surface area contributed by atoms with E-state index in [1.807, 2.05) is 12.1 Å². The smallest absolute Gasteiger partial charge is 0.475 e. The molecule has 2 aromatic rings. The Balaban J connectivity index is 0.000000406. The van der Waals surface area contributed by atoms with Crippen molar-refractivity contribution in [2.45, 2.75) is 68.7 Å². The number of alkyl halides is 3. The molecule has 1 saturated heterocycles. The molecule has 1 spiro atoms. The topological polar surface area (TPSA) is 58.6 Å². The molecule has 0 radical (unpaired) electrons. The molecule has 186 valence electrons. The molecular weight excluding hydrogens is 450 g/mol. The number of nitrogens with one attached hydrogen (secondary N) is 1. The summed E-state index contributed by atoms with van der Waals surface area (Å²) in [5.74, 6) is -2.91.